The first kappa shape index (κ1) is 14.0. The fourth-order valence-electron chi connectivity index (χ4n) is 2.17. The second kappa shape index (κ2) is 5.70. The summed E-state index contributed by atoms with van der Waals surface area (Å²) in [6, 6.07) is 10.1. The van der Waals surface area contributed by atoms with Crippen molar-refractivity contribution in [2.45, 2.75) is 19.9 Å². The molecule has 100 valence electrons. The Balaban J connectivity index is 2.53. The Morgan fingerprint density at radius 1 is 1.16 bits per heavy atom. The van der Waals surface area contributed by atoms with E-state index in [0.29, 0.717) is 10.6 Å². The van der Waals surface area contributed by atoms with Crippen LogP contribution in [0, 0.1) is 19.7 Å². The Labute approximate surface area is 117 Å². The van der Waals surface area contributed by atoms with Crippen LogP contribution in [0.25, 0.3) is 0 Å². The third kappa shape index (κ3) is 2.78. The van der Waals surface area contributed by atoms with Gasteiger partial charge in [0.1, 0.15) is 5.82 Å². The van der Waals surface area contributed by atoms with Crippen molar-refractivity contribution in [2.75, 3.05) is 0 Å². The van der Waals surface area contributed by atoms with E-state index in [1.807, 2.05) is 32.0 Å². The second-order valence-corrected chi connectivity index (χ2v) is 4.99. The molecule has 0 radical (unpaired) electrons. The Bertz CT molecular complexity index is 599. The van der Waals surface area contributed by atoms with Gasteiger partial charge in [0.2, 0.25) is 0 Å². The molecule has 19 heavy (non-hydrogen) atoms. The van der Waals surface area contributed by atoms with Crippen molar-refractivity contribution < 1.29 is 4.39 Å². The maximum atomic E-state index is 14.0. The van der Waals surface area contributed by atoms with Crippen LogP contribution >= 0.6 is 11.6 Å². The number of nitrogens with one attached hydrogen (secondary N) is 1. The minimum absolute atomic E-state index is 0.364. The molecule has 0 bridgehead atoms. The molecule has 2 rings (SSSR count). The van der Waals surface area contributed by atoms with Crippen LogP contribution < -0.4 is 11.3 Å². The summed E-state index contributed by atoms with van der Waals surface area (Å²) < 4.78 is 14.0. The number of rotatable bonds is 3. The van der Waals surface area contributed by atoms with E-state index in [1.54, 1.807) is 12.1 Å². The van der Waals surface area contributed by atoms with Gasteiger partial charge in [0, 0.05) is 10.6 Å². The fourth-order valence-corrected chi connectivity index (χ4v) is 2.33. The molecule has 0 spiro atoms. The van der Waals surface area contributed by atoms with Crippen molar-refractivity contribution in [3.05, 3.63) is 69.5 Å². The first-order chi connectivity index (χ1) is 9.04. The maximum Gasteiger partial charge on any atom is 0.129 e. The van der Waals surface area contributed by atoms with E-state index >= 15 is 0 Å². The molecule has 0 aromatic heterocycles. The normalized spacial score (nSPS) is 12.5. The lowest BCUT2D eigenvalue weighted by Crippen LogP contribution is -2.30. The van der Waals surface area contributed by atoms with Crippen molar-refractivity contribution >= 4 is 11.6 Å². The Morgan fingerprint density at radius 3 is 2.53 bits per heavy atom. The number of hydrogen-bond acceptors (Lipinski definition) is 2. The van der Waals surface area contributed by atoms with Crippen LogP contribution in [-0.2, 0) is 0 Å². The average Bonchev–Trinajstić information content (AvgIpc) is 2.37. The second-order valence-electron chi connectivity index (χ2n) is 4.55. The summed E-state index contributed by atoms with van der Waals surface area (Å²) in [5.74, 6) is 5.25. The van der Waals surface area contributed by atoms with Gasteiger partial charge >= 0.3 is 0 Å². The summed E-state index contributed by atoms with van der Waals surface area (Å²) in [5.41, 5.74) is 6.37. The predicted molar refractivity (Wildman–Crippen MR) is 76.5 cm³/mol. The van der Waals surface area contributed by atoms with Gasteiger partial charge in [-0.05, 0) is 42.7 Å². The van der Waals surface area contributed by atoms with Gasteiger partial charge in [0.25, 0.3) is 0 Å². The van der Waals surface area contributed by atoms with Crippen LogP contribution in [0.3, 0.4) is 0 Å². The molecule has 2 aromatic rings. The minimum Gasteiger partial charge on any atom is -0.271 e. The molecule has 0 heterocycles. The number of nitrogens with two attached hydrogens (primary N) is 1. The lowest BCUT2D eigenvalue weighted by Gasteiger charge is -2.20. The molecule has 0 saturated heterocycles. The van der Waals surface area contributed by atoms with Crippen molar-refractivity contribution in [2.24, 2.45) is 5.84 Å². The zero-order valence-electron chi connectivity index (χ0n) is 10.9. The maximum absolute atomic E-state index is 14.0. The van der Waals surface area contributed by atoms with E-state index in [1.165, 1.54) is 6.07 Å². The van der Waals surface area contributed by atoms with Gasteiger partial charge in [0.05, 0.1) is 6.04 Å². The largest absolute Gasteiger partial charge is 0.271 e. The topological polar surface area (TPSA) is 38.0 Å². The van der Waals surface area contributed by atoms with E-state index in [2.05, 4.69) is 5.43 Å². The molecule has 3 N–H and O–H groups in total. The number of halogens is 2. The third-order valence-corrected chi connectivity index (χ3v) is 3.63. The lowest BCUT2D eigenvalue weighted by atomic mass is 9.93. The highest BCUT2D eigenvalue weighted by Gasteiger charge is 2.19. The smallest absolute Gasteiger partial charge is 0.129 e. The molecule has 0 aliphatic rings. The van der Waals surface area contributed by atoms with Gasteiger partial charge < -0.3 is 0 Å². The number of benzene rings is 2. The molecule has 1 atom stereocenters. The molecule has 2 nitrogen and oxygen atoms in total. The van der Waals surface area contributed by atoms with E-state index < -0.39 is 6.04 Å². The van der Waals surface area contributed by atoms with E-state index in [-0.39, 0.29) is 5.82 Å². The van der Waals surface area contributed by atoms with E-state index in [9.17, 15) is 4.39 Å². The molecule has 0 aliphatic heterocycles. The molecule has 1 unspecified atom stereocenters. The fraction of sp³-hybridized carbons (Fsp3) is 0.200. The standard InChI is InChI=1S/C15H16ClFN2/c1-9-4-3-5-12(10(9)2)15(19-18)13-7-6-11(16)8-14(13)17/h3-8,15,19H,18H2,1-2H3. The lowest BCUT2D eigenvalue weighted by molar-refractivity contribution is 0.559. The predicted octanol–water partition coefficient (Wildman–Crippen LogP) is 3.65. The summed E-state index contributed by atoms with van der Waals surface area (Å²) in [6.45, 7) is 4.02. The Morgan fingerprint density at radius 2 is 1.89 bits per heavy atom. The van der Waals surface area contributed by atoms with Gasteiger partial charge in [0.15, 0.2) is 0 Å². The van der Waals surface area contributed by atoms with Crippen molar-refractivity contribution in [1.29, 1.82) is 0 Å². The van der Waals surface area contributed by atoms with Crippen LogP contribution in [0.15, 0.2) is 36.4 Å². The van der Waals surface area contributed by atoms with Crippen molar-refractivity contribution in [3.8, 4) is 0 Å². The van der Waals surface area contributed by atoms with Crippen molar-refractivity contribution in [1.82, 2.24) is 5.43 Å². The summed E-state index contributed by atoms with van der Waals surface area (Å²) >= 11 is 5.78. The van der Waals surface area contributed by atoms with E-state index in [4.69, 9.17) is 17.4 Å². The minimum atomic E-state index is -0.392. The summed E-state index contributed by atoms with van der Waals surface area (Å²) in [4.78, 5) is 0. The molecule has 0 fully saturated rings. The Hall–Kier alpha value is -1.42. The first-order valence-corrected chi connectivity index (χ1v) is 6.39. The third-order valence-electron chi connectivity index (χ3n) is 3.40. The summed E-state index contributed by atoms with van der Waals surface area (Å²) in [5, 5.41) is 0.373. The Kier molecular flexibility index (Phi) is 4.20. The van der Waals surface area contributed by atoms with E-state index in [0.717, 1.165) is 16.7 Å². The molecule has 0 amide bonds. The van der Waals surface area contributed by atoms with Gasteiger partial charge in [-0.1, -0.05) is 35.9 Å². The molecular formula is C15H16ClFN2. The molecule has 0 saturated carbocycles. The van der Waals surface area contributed by atoms with Crippen LogP contribution in [0.2, 0.25) is 5.02 Å². The van der Waals surface area contributed by atoms with Crippen LogP contribution in [0.5, 0.6) is 0 Å². The number of hydrogen-bond donors (Lipinski definition) is 2. The molecule has 4 heteroatoms. The quantitative estimate of drug-likeness (QED) is 0.664. The molecular weight excluding hydrogens is 263 g/mol. The zero-order valence-corrected chi connectivity index (χ0v) is 11.6. The van der Waals surface area contributed by atoms with Gasteiger partial charge in [-0.15, -0.1) is 0 Å². The first-order valence-electron chi connectivity index (χ1n) is 6.01. The van der Waals surface area contributed by atoms with Crippen molar-refractivity contribution in [3.63, 3.8) is 0 Å². The highest BCUT2D eigenvalue weighted by atomic mass is 35.5. The number of hydrazine groups is 1. The van der Waals surface area contributed by atoms with Gasteiger partial charge in [-0.25, -0.2) is 9.82 Å². The van der Waals surface area contributed by atoms with Gasteiger partial charge in [-0.2, -0.15) is 0 Å². The average molecular weight is 279 g/mol. The highest BCUT2D eigenvalue weighted by Crippen LogP contribution is 2.28. The van der Waals surface area contributed by atoms with Crippen LogP contribution in [0.4, 0.5) is 4.39 Å². The van der Waals surface area contributed by atoms with Gasteiger partial charge in [-0.3, -0.25) is 5.84 Å². The summed E-state index contributed by atoms with van der Waals surface area (Å²) in [6.07, 6.45) is 0. The monoisotopic (exact) mass is 278 g/mol. The SMILES string of the molecule is Cc1cccc(C(NN)c2ccc(Cl)cc2F)c1C. The summed E-state index contributed by atoms with van der Waals surface area (Å²) in [7, 11) is 0. The van der Waals surface area contributed by atoms with Crippen LogP contribution in [0.1, 0.15) is 28.3 Å². The molecule has 2 aromatic carbocycles. The number of aryl methyl sites for hydroxylation is 1. The van der Waals surface area contributed by atoms with Crippen LogP contribution in [-0.4, -0.2) is 0 Å². The highest BCUT2D eigenvalue weighted by molar-refractivity contribution is 6.30. The molecule has 0 aliphatic carbocycles. The zero-order chi connectivity index (χ0) is 14.0.